The molecule has 0 N–H and O–H groups in total. The molecule has 0 fully saturated rings. The van der Waals surface area contributed by atoms with Gasteiger partial charge in [-0.15, -0.1) is 11.3 Å². The van der Waals surface area contributed by atoms with E-state index >= 15 is 0 Å². The predicted octanol–water partition coefficient (Wildman–Crippen LogP) is 6.53. The molecule has 0 amide bonds. The minimum atomic E-state index is 0.510. The fourth-order valence-corrected chi connectivity index (χ4v) is 4.66. The maximum Gasteiger partial charge on any atom is 0.135 e. The zero-order valence-corrected chi connectivity index (χ0v) is 19.0. The van der Waals surface area contributed by atoms with Crippen LogP contribution in [0.2, 0.25) is 0 Å². The van der Waals surface area contributed by atoms with E-state index in [1.54, 1.807) is 7.11 Å². The molecule has 0 unspecified atom stereocenters. The second kappa shape index (κ2) is 8.73. The van der Waals surface area contributed by atoms with Crippen molar-refractivity contribution in [2.24, 2.45) is 0 Å². The van der Waals surface area contributed by atoms with Crippen molar-refractivity contribution >= 4 is 33.2 Å². The van der Waals surface area contributed by atoms with Crippen LogP contribution in [0.15, 0.2) is 79.0 Å². The first kappa shape index (κ1) is 20.7. The highest BCUT2D eigenvalue weighted by atomic mass is 32.1. The zero-order chi connectivity index (χ0) is 22.8. The van der Waals surface area contributed by atoms with Gasteiger partial charge in [-0.25, -0.2) is 9.67 Å². The largest absolute Gasteiger partial charge is 0.497 e. The third kappa shape index (κ3) is 4.02. The molecule has 5 aromatic rings. The maximum absolute atomic E-state index is 9.98. The summed E-state index contributed by atoms with van der Waals surface area (Å²) in [5.74, 6) is 0.794. The Labute approximate surface area is 195 Å². The highest BCUT2D eigenvalue weighted by Gasteiger charge is 2.16. The Morgan fingerprint density at radius 3 is 2.58 bits per heavy atom. The second-order valence-corrected chi connectivity index (χ2v) is 8.58. The molecule has 5 rings (SSSR count). The highest BCUT2D eigenvalue weighted by Crippen LogP contribution is 2.33. The summed E-state index contributed by atoms with van der Waals surface area (Å²) in [6, 6.07) is 26.1. The number of fused-ring (bicyclic) bond motifs is 1. The van der Waals surface area contributed by atoms with E-state index in [-0.39, 0.29) is 0 Å². The lowest BCUT2D eigenvalue weighted by Gasteiger charge is -2.07. The first-order chi connectivity index (χ1) is 16.2. The third-order valence-corrected chi connectivity index (χ3v) is 6.47. The van der Waals surface area contributed by atoms with E-state index in [4.69, 9.17) is 9.84 Å². The lowest BCUT2D eigenvalue weighted by Crippen LogP contribution is -1.95. The van der Waals surface area contributed by atoms with Gasteiger partial charge in [0, 0.05) is 17.3 Å². The van der Waals surface area contributed by atoms with Crippen LogP contribution in [0.3, 0.4) is 0 Å². The van der Waals surface area contributed by atoms with Gasteiger partial charge in [0.15, 0.2) is 0 Å². The minimum absolute atomic E-state index is 0.510. The molecular weight excluding hydrogens is 428 g/mol. The van der Waals surface area contributed by atoms with Crippen molar-refractivity contribution < 1.29 is 4.74 Å². The Morgan fingerprint density at radius 1 is 1.06 bits per heavy atom. The molecule has 0 atom stereocenters. The van der Waals surface area contributed by atoms with Gasteiger partial charge in [-0.3, -0.25) is 0 Å². The van der Waals surface area contributed by atoms with E-state index in [2.05, 4.69) is 11.1 Å². The Balaban J connectivity index is 1.68. The van der Waals surface area contributed by atoms with Crippen LogP contribution in [0, 0.1) is 18.3 Å². The van der Waals surface area contributed by atoms with Crippen molar-refractivity contribution in [3.63, 3.8) is 0 Å². The van der Waals surface area contributed by atoms with E-state index in [0.717, 1.165) is 44.0 Å². The van der Waals surface area contributed by atoms with Crippen molar-refractivity contribution in [1.29, 1.82) is 5.26 Å². The molecule has 0 radical (unpaired) electrons. The molecule has 160 valence electrons. The van der Waals surface area contributed by atoms with Gasteiger partial charge < -0.3 is 4.74 Å². The average Bonchev–Trinajstić information content (AvgIpc) is 3.47. The maximum atomic E-state index is 9.98. The minimum Gasteiger partial charge on any atom is -0.497 e. The van der Waals surface area contributed by atoms with Crippen LogP contribution in [0.4, 0.5) is 0 Å². The van der Waals surface area contributed by atoms with Crippen LogP contribution in [0.5, 0.6) is 5.75 Å². The van der Waals surface area contributed by atoms with Gasteiger partial charge >= 0.3 is 0 Å². The molecule has 3 aromatic carbocycles. The smallest absolute Gasteiger partial charge is 0.135 e. The lowest BCUT2D eigenvalue weighted by molar-refractivity contribution is 0.414. The SMILES string of the molecule is COc1ccc(-c2nn(-c3ccccc3)cc2/C=C(/C#N)c2nc3ccccc3s2)c(C)c1. The van der Waals surface area contributed by atoms with Gasteiger partial charge in [-0.1, -0.05) is 30.3 Å². The molecule has 0 bridgehead atoms. The van der Waals surface area contributed by atoms with Gasteiger partial charge in [0.05, 0.1) is 28.6 Å². The van der Waals surface area contributed by atoms with Crippen molar-refractivity contribution in [2.75, 3.05) is 7.11 Å². The fourth-order valence-electron chi connectivity index (χ4n) is 3.73. The molecule has 0 saturated carbocycles. The molecule has 33 heavy (non-hydrogen) atoms. The van der Waals surface area contributed by atoms with Crippen LogP contribution in [0.1, 0.15) is 16.1 Å². The monoisotopic (exact) mass is 448 g/mol. The van der Waals surface area contributed by atoms with E-state index in [9.17, 15) is 5.26 Å². The Bertz CT molecular complexity index is 1490. The summed E-state index contributed by atoms with van der Waals surface area (Å²) >= 11 is 1.52. The van der Waals surface area contributed by atoms with Gasteiger partial charge in [0.25, 0.3) is 0 Å². The summed E-state index contributed by atoms with van der Waals surface area (Å²) in [4.78, 5) is 4.67. The van der Waals surface area contributed by atoms with Crippen LogP contribution in [-0.4, -0.2) is 21.9 Å². The lowest BCUT2D eigenvalue weighted by atomic mass is 10.0. The number of benzene rings is 3. The van der Waals surface area contributed by atoms with Crippen molar-refractivity contribution in [1.82, 2.24) is 14.8 Å². The average molecular weight is 449 g/mol. The number of nitriles is 1. The van der Waals surface area contributed by atoms with Crippen molar-refractivity contribution in [3.05, 3.63) is 95.1 Å². The summed E-state index contributed by atoms with van der Waals surface area (Å²) < 4.78 is 8.27. The van der Waals surface area contributed by atoms with Crippen LogP contribution >= 0.6 is 11.3 Å². The Hall–Kier alpha value is -4.21. The number of ether oxygens (including phenoxy) is 1. The summed E-state index contributed by atoms with van der Waals surface area (Å²) in [5.41, 5.74) is 6.03. The van der Waals surface area contributed by atoms with Gasteiger partial charge in [-0.2, -0.15) is 10.4 Å². The highest BCUT2D eigenvalue weighted by molar-refractivity contribution is 7.19. The van der Waals surface area contributed by atoms with Gasteiger partial charge in [0.2, 0.25) is 0 Å². The van der Waals surface area contributed by atoms with E-state index < -0.39 is 0 Å². The summed E-state index contributed by atoms with van der Waals surface area (Å²) in [5, 5.41) is 15.6. The molecule has 0 saturated heterocycles. The number of aryl methyl sites for hydroxylation is 1. The standard InChI is InChI=1S/C27H20N4OS/c1-18-14-22(32-2)12-13-23(18)26-20(17-31(30-26)21-8-4-3-5-9-21)15-19(16-28)27-29-24-10-6-7-11-25(24)33-27/h3-15,17H,1-2H3/b19-15-. The van der Waals surface area contributed by atoms with Crippen molar-refractivity contribution in [3.8, 4) is 28.8 Å². The van der Waals surface area contributed by atoms with Crippen LogP contribution in [-0.2, 0) is 0 Å². The number of hydrogen-bond acceptors (Lipinski definition) is 5. The van der Waals surface area contributed by atoms with E-state index in [0.29, 0.717) is 10.6 Å². The van der Waals surface area contributed by atoms with Gasteiger partial charge in [0.1, 0.15) is 22.5 Å². The molecule has 2 heterocycles. The number of nitrogens with zero attached hydrogens (tertiary/aromatic N) is 4. The summed E-state index contributed by atoms with van der Waals surface area (Å²) in [6.07, 6.45) is 3.84. The topological polar surface area (TPSA) is 63.7 Å². The Morgan fingerprint density at radius 2 is 1.85 bits per heavy atom. The summed E-state index contributed by atoms with van der Waals surface area (Å²) in [6.45, 7) is 2.03. The number of hydrogen-bond donors (Lipinski definition) is 0. The van der Waals surface area contributed by atoms with Gasteiger partial charge in [-0.05, 0) is 61.0 Å². The van der Waals surface area contributed by atoms with Crippen LogP contribution < -0.4 is 4.74 Å². The number of rotatable bonds is 5. The number of aromatic nitrogens is 3. The number of allylic oxidation sites excluding steroid dienone is 1. The van der Waals surface area contributed by atoms with E-state index in [1.165, 1.54) is 11.3 Å². The molecule has 0 aliphatic carbocycles. The summed E-state index contributed by atoms with van der Waals surface area (Å²) in [7, 11) is 1.66. The zero-order valence-electron chi connectivity index (χ0n) is 18.2. The molecule has 0 spiro atoms. The Kier molecular flexibility index (Phi) is 5.47. The molecule has 0 aliphatic rings. The molecule has 6 heteroatoms. The normalized spacial score (nSPS) is 11.5. The van der Waals surface area contributed by atoms with E-state index in [1.807, 2.05) is 96.7 Å². The predicted molar refractivity (Wildman–Crippen MR) is 133 cm³/mol. The third-order valence-electron chi connectivity index (χ3n) is 5.40. The second-order valence-electron chi connectivity index (χ2n) is 7.55. The quantitative estimate of drug-likeness (QED) is 0.287. The number of thiazole rings is 1. The van der Waals surface area contributed by atoms with Crippen LogP contribution in [0.25, 0.3) is 38.8 Å². The molecule has 2 aromatic heterocycles. The fraction of sp³-hybridized carbons (Fsp3) is 0.0741. The molecule has 5 nitrogen and oxygen atoms in total. The number of para-hydroxylation sites is 2. The number of methoxy groups -OCH3 is 1. The molecular formula is C27H20N4OS. The molecule has 0 aliphatic heterocycles. The van der Waals surface area contributed by atoms with Crippen molar-refractivity contribution in [2.45, 2.75) is 6.92 Å². The first-order valence-electron chi connectivity index (χ1n) is 10.4. The first-order valence-corrected chi connectivity index (χ1v) is 11.3.